The molecule has 1 fully saturated rings. The van der Waals surface area contributed by atoms with Crippen LogP contribution in [0.3, 0.4) is 0 Å². The molecule has 0 saturated carbocycles. The number of amides is 1. The monoisotopic (exact) mass is 453 g/mol. The Hall–Kier alpha value is -2.93. The quantitative estimate of drug-likeness (QED) is 0.406. The number of ether oxygens (including phenoxy) is 1. The highest BCUT2D eigenvalue weighted by atomic mass is 16.6. The fraction of sp³-hybridized carbons (Fsp3) is 0.500. The van der Waals surface area contributed by atoms with E-state index < -0.39 is 0 Å². The van der Waals surface area contributed by atoms with E-state index in [1.54, 1.807) is 19.2 Å². The van der Waals surface area contributed by atoms with Crippen molar-refractivity contribution in [2.24, 2.45) is 11.8 Å². The molecule has 1 aliphatic heterocycles. The van der Waals surface area contributed by atoms with E-state index >= 15 is 0 Å². The molecule has 0 bridgehead atoms. The molecule has 33 heavy (non-hydrogen) atoms. The predicted octanol–water partition coefficient (Wildman–Crippen LogP) is 4.71. The van der Waals surface area contributed by atoms with Gasteiger partial charge in [-0.2, -0.15) is 0 Å². The summed E-state index contributed by atoms with van der Waals surface area (Å²) in [5, 5.41) is 11.5. The average molecular weight is 454 g/mol. The third-order valence-electron chi connectivity index (χ3n) is 6.47. The van der Waals surface area contributed by atoms with Gasteiger partial charge in [0.25, 0.3) is 5.69 Å². The van der Waals surface area contributed by atoms with Crippen molar-refractivity contribution in [3.05, 3.63) is 69.8 Å². The van der Waals surface area contributed by atoms with E-state index in [4.69, 9.17) is 4.74 Å². The van der Waals surface area contributed by atoms with Crippen LogP contribution in [0, 0.1) is 22.0 Å². The lowest BCUT2D eigenvalue weighted by Gasteiger charge is -2.33. The summed E-state index contributed by atoms with van der Waals surface area (Å²) in [6.45, 7) is 10.6. The highest BCUT2D eigenvalue weighted by molar-refractivity contribution is 5.78. The minimum Gasteiger partial charge on any atom is -0.496 e. The highest BCUT2D eigenvalue weighted by Gasteiger charge is 2.38. The van der Waals surface area contributed by atoms with Gasteiger partial charge in [0.15, 0.2) is 0 Å². The maximum atomic E-state index is 12.9. The summed E-state index contributed by atoms with van der Waals surface area (Å²) >= 11 is 0. The summed E-state index contributed by atoms with van der Waals surface area (Å²) in [7, 11) is 1.68. The summed E-state index contributed by atoms with van der Waals surface area (Å²) in [5.41, 5.74) is 1.98. The first kappa shape index (κ1) is 24.7. The van der Waals surface area contributed by atoms with Crippen LogP contribution in [0.2, 0.25) is 0 Å². The molecule has 1 saturated heterocycles. The molecule has 2 aromatic rings. The first-order valence-corrected chi connectivity index (χ1v) is 11.6. The second kappa shape index (κ2) is 10.8. The molecule has 2 unspecified atom stereocenters. The molecule has 2 atom stereocenters. The van der Waals surface area contributed by atoms with Gasteiger partial charge in [0.05, 0.1) is 12.0 Å². The van der Waals surface area contributed by atoms with Gasteiger partial charge < -0.3 is 9.64 Å². The van der Waals surface area contributed by atoms with Gasteiger partial charge >= 0.3 is 0 Å². The van der Waals surface area contributed by atoms with E-state index in [9.17, 15) is 14.9 Å². The Kier molecular flexibility index (Phi) is 8.08. The second-order valence-electron chi connectivity index (χ2n) is 9.43. The van der Waals surface area contributed by atoms with Crippen LogP contribution in [-0.4, -0.2) is 53.4 Å². The number of nitrogens with zero attached hydrogens (tertiary/aromatic N) is 3. The van der Waals surface area contributed by atoms with Gasteiger partial charge in [0, 0.05) is 55.7 Å². The maximum absolute atomic E-state index is 12.9. The van der Waals surface area contributed by atoms with Crippen LogP contribution < -0.4 is 4.74 Å². The lowest BCUT2D eigenvalue weighted by atomic mass is 9.87. The van der Waals surface area contributed by atoms with Crippen LogP contribution in [0.4, 0.5) is 5.69 Å². The van der Waals surface area contributed by atoms with Gasteiger partial charge in [-0.05, 0) is 31.4 Å². The number of carbonyl (C=O) groups is 1. The molecule has 178 valence electrons. The van der Waals surface area contributed by atoms with Crippen molar-refractivity contribution in [2.45, 2.75) is 46.2 Å². The Bertz CT molecular complexity index is 976. The van der Waals surface area contributed by atoms with E-state index in [2.05, 4.69) is 24.8 Å². The minimum absolute atomic E-state index is 0.0680. The summed E-state index contributed by atoms with van der Waals surface area (Å²) in [6.07, 6.45) is 0. The zero-order chi connectivity index (χ0) is 24.1. The van der Waals surface area contributed by atoms with Crippen molar-refractivity contribution in [1.29, 1.82) is 0 Å². The Labute approximate surface area is 196 Å². The second-order valence-corrected chi connectivity index (χ2v) is 9.43. The first-order chi connectivity index (χ1) is 15.7. The van der Waals surface area contributed by atoms with Crippen molar-refractivity contribution in [2.75, 3.05) is 26.7 Å². The Morgan fingerprint density at radius 2 is 1.79 bits per heavy atom. The number of nitro groups is 1. The Morgan fingerprint density at radius 3 is 2.42 bits per heavy atom. The predicted molar refractivity (Wildman–Crippen MR) is 129 cm³/mol. The fourth-order valence-electron chi connectivity index (χ4n) is 4.80. The van der Waals surface area contributed by atoms with E-state index in [-0.39, 0.29) is 40.3 Å². The van der Waals surface area contributed by atoms with E-state index in [1.807, 2.05) is 49.1 Å². The topological polar surface area (TPSA) is 75.9 Å². The number of nitro benzene ring substituents is 1. The maximum Gasteiger partial charge on any atom is 0.273 e. The summed E-state index contributed by atoms with van der Waals surface area (Å²) < 4.78 is 5.66. The number of carbonyl (C=O) groups excluding carboxylic acids is 1. The number of hydrogen-bond donors (Lipinski definition) is 0. The zero-order valence-electron chi connectivity index (χ0n) is 20.2. The van der Waals surface area contributed by atoms with Gasteiger partial charge in [-0.15, -0.1) is 0 Å². The molecule has 0 aliphatic carbocycles. The van der Waals surface area contributed by atoms with Gasteiger partial charge in [-0.3, -0.25) is 19.8 Å². The number of hydrogen-bond acceptors (Lipinski definition) is 5. The molecule has 0 N–H and O–H groups in total. The van der Waals surface area contributed by atoms with Crippen LogP contribution in [0.1, 0.15) is 44.7 Å². The minimum atomic E-state index is -0.317. The molecule has 3 rings (SSSR count). The smallest absolute Gasteiger partial charge is 0.273 e. The van der Waals surface area contributed by atoms with E-state index in [0.29, 0.717) is 18.7 Å². The number of methoxy groups -OCH3 is 1. The number of para-hydroxylation sites is 2. The molecule has 0 spiro atoms. The zero-order valence-corrected chi connectivity index (χ0v) is 20.2. The normalized spacial score (nSPS) is 18.6. The molecule has 1 heterocycles. The molecule has 2 aromatic carbocycles. The van der Waals surface area contributed by atoms with Crippen LogP contribution in [0.5, 0.6) is 5.75 Å². The Morgan fingerprint density at radius 1 is 1.12 bits per heavy atom. The molecule has 1 amide bonds. The molecule has 0 radical (unpaired) electrons. The lowest BCUT2D eigenvalue weighted by molar-refractivity contribution is -0.385. The van der Waals surface area contributed by atoms with Crippen molar-refractivity contribution in [3.63, 3.8) is 0 Å². The van der Waals surface area contributed by atoms with Crippen molar-refractivity contribution >= 4 is 11.6 Å². The van der Waals surface area contributed by atoms with Crippen LogP contribution >= 0.6 is 0 Å². The van der Waals surface area contributed by atoms with Gasteiger partial charge in [0.1, 0.15) is 5.75 Å². The number of benzene rings is 2. The molecule has 7 nitrogen and oxygen atoms in total. The van der Waals surface area contributed by atoms with Crippen LogP contribution in [0.15, 0.2) is 48.5 Å². The number of rotatable bonds is 9. The van der Waals surface area contributed by atoms with Gasteiger partial charge in [0.2, 0.25) is 5.91 Å². The standard InChI is InChI=1S/C26H35N3O4/c1-18(2)26(30)28(19(3)4)16-21-15-27(14-20-10-6-8-12-24(20)29(31)32)17-23(21)22-11-7-9-13-25(22)33-5/h6-13,18-19,21,23H,14-17H2,1-5H3. The van der Waals surface area contributed by atoms with Crippen molar-refractivity contribution in [3.8, 4) is 5.75 Å². The van der Waals surface area contributed by atoms with E-state index in [1.165, 1.54) is 0 Å². The van der Waals surface area contributed by atoms with E-state index in [0.717, 1.165) is 24.4 Å². The highest BCUT2D eigenvalue weighted by Crippen LogP contribution is 2.39. The van der Waals surface area contributed by atoms with Gasteiger partial charge in [-0.25, -0.2) is 0 Å². The summed E-state index contributed by atoms with van der Waals surface area (Å²) in [6, 6.07) is 15.1. The number of likely N-dealkylation sites (tertiary alicyclic amines) is 1. The fourth-order valence-corrected chi connectivity index (χ4v) is 4.80. The SMILES string of the molecule is COc1ccccc1C1CN(Cc2ccccc2[N+](=O)[O-])CC1CN(C(=O)C(C)C)C(C)C. The lowest BCUT2D eigenvalue weighted by Crippen LogP contribution is -2.43. The molecule has 7 heteroatoms. The van der Waals surface area contributed by atoms with Crippen molar-refractivity contribution < 1.29 is 14.5 Å². The van der Waals surface area contributed by atoms with Crippen LogP contribution in [-0.2, 0) is 11.3 Å². The molecule has 1 aliphatic rings. The first-order valence-electron chi connectivity index (χ1n) is 11.6. The van der Waals surface area contributed by atoms with Crippen LogP contribution in [0.25, 0.3) is 0 Å². The third kappa shape index (κ3) is 5.71. The molecule has 0 aromatic heterocycles. The Balaban J connectivity index is 1.91. The average Bonchev–Trinajstić information content (AvgIpc) is 3.18. The largest absolute Gasteiger partial charge is 0.496 e. The molecular weight excluding hydrogens is 418 g/mol. The third-order valence-corrected chi connectivity index (χ3v) is 6.47. The van der Waals surface area contributed by atoms with Crippen molar-refractivity contribution in [1.82, 2.24) is 9.80 Å². The summed E-state index contributed by atoms with van der Waals surface area (Å²) in [5.74, 6) is 1.27. The molecular formula is C26H35N3O4. The van der Waals surface area contributed by atoms with Gasteiger partial charge in [-0.1, -0.05) is 50.2 Å². The summed E-state index contributed by atoms with van der Waals surface area (Å²) in [4.78, 5) is 28.4.